The van der Waals surface area contributed by atoms with Gasteiger partial charge in [-0.05, 0) is 39.5 Å². The number of rotatable bonds is 13. The molecular weight excluding hydrogens is 258 g/mol. The zero-order valence-corrected chi connectivity index (χ0v) is 13.4. The number of hydrogen-bond acceptors (Lipinski definition) is 4. The van der Waals surface area contributed by atoms with E-state index < -0.39 is 11.5 Å². The van der Waals surface area contributed by atoms with Gasteiger partial charge >= 0.3 is 5.97 Å². The zero-order valence-electron chi connectivity index (χ0n) is 13.4. The number of carboxylic acid groups (broad SMARTS) is 1. The number of hydrogen-bond donors (Lipinski definition) is 2. The van der Waals surface area contributed by atoms with Crippen molar-refractivity contribution in [3.05, 3.63) is 0 Å². The maximum Gasteiger partial charge on any atom is 0.323 e. The molecule has 0 aliphatic heterocycles. The van der Waals surface area contributed by atoms with E-state index in [2.05, 4.69) is 12.2 Å². The number of ether oxygens (including phenoxy) is 2. The van der Waals surface area contributed by atoms with E-state index in [0.29, 0.717) is 32.7 Å². The van der Waals surface area contributed by atoms with Gasteiger partial charge in [-0.25, -0.2) is 0 Å². The minimum absolute atomic E-state index is 0.148. The molecule has 0 amide bonds. The molecule has 1 atom stereocenters. The van der Waals surface area contributed by atoms with E-state index in [9.17, 15) is 9.90 Å². The highest BCUT2D eigenvalue weighted by Crippen LogP contribution is 2.19. The monoisotopic (exact) mass is 289 g/mol. The summed E-state index contributed by atoms with van der Waals surface area (Å²) < 4.78 is 10.8. The first kappa shape index (κ1) is 19.4. The van der Waals surface area contributed by atoms with Crippen molar-refractivity contribution in [3.8, 4) is 0 Å². The van der Waals surface area contributed by atoms with E-state index in [-0.39, 0.29) is 6.04 Å². The molecule has 0 saturated carbocycles. The van der Waals surface area contributed by atoms with Crippen LogP contribution in [0.15, 0.2) is 0 Å². The lowest BCUT2D eigenvalue weighted by molar-refractivity contribution is -0.146. The van der Waals surface area contributed by atoms with E-state index in [1.807, 2.05) is 20.8 Å². The largest absolute Gasteiger partial charge is 0.480 e. The van der Waals surface area contributed by atoms with E-state index in [0.717, 1.165) is 19.4 Å². The molecule has 0 radical (unpaired) electrons. The van der Waals surface area contributed by atoms with Gasteiger partial charge in [-0.1, -0.05) is 13.8 Å². The average molecular weight is 289 g/mol. The maximum atomic E-state index is 11.5. The van der Waals surface area contributed by atoms with Crippen LogP contribution in [0.3, 0.4) is 0 Å². The fraction of sp³-hybridized carbons (Fsp3) is 0.933. The van der Waals surface area contributed by atoms with Crippen LogP contribution in [0.5, 0.6) is 0 Å². The molecule has 5 nitrogen and oxygen atoms in total. The molecule has 0 spiro atoms. The van der Waals surface area contributed by atoms with Gasteiger partial charge < -0.3 is 14.6 Å². The topological polar surface area (TPSA) is 67.8 Å². The molecule has 0 bridgehead atoms. The molecule has 2 N–H and O–H groups in total. The standard InChI is InChI=1S/C15H31NO4/c1-5-9-19-11-12-20-10-7-8-15(6-2,14(17)18)16-13(3)4/h13,16H,5-12H2,1-4H3,(H,17,18). The van der Waals surface area contributed by atoms with Crippen LogP contribution in [-0.4, -0.2) is 49.1 Å². The summed E-state index contributed by atoms with van der Waals surface area (Å²) in [7, 11) is 0. The van der Waals surface area contributed by atoms with Crippen molar-refractivity contribution in [2.75, 3.05) is 26.4 Å². The molecule has 0 aliphatic carbocycles. The quantitative estimate of drug-likeness (QED) is 0.510. The van der Waals surface area contributed by atoms with Crippen molar-refractivity contribution in [1.29, 1.82) is 0 Å². The van der Waals surface area contributed by atoms with Crippen molar-refractivity contribution in [2.45, 2.75) is 65.0 Å². The first-order valence-corrected chi connectivity index (χ1v) is 7.65. The predicted molar refractivity (Wildman–Crippen MR) is 80.1 cm³/mol. The Morgan fingerprint density at radius 3 is 2.20 bits per heavy atom. The Labute approximate surface area is 123 Å². The molecule has 0 aromatic carbocycles. The number of carboxylic acids is 1. The first-order valence-electron chi connectivity index (χ1n) is 7.65. The van der Waals surface area contributed by atoms with E-state index in [1.165, 1.54) is 0 Å². The van der Waals surface area contributed by atoms with Gasteiger partial charge in [-0.3, -0.25) is 10.1 Å². The van der Waals surface area contributed by atoms with Gasteiger partial charge in [0.15, 0.2) is 0 Å². The number of nitrogens with one attached hydrogen (secondary N) is 1. The third-order valence-electron chi connectivity index (χ3n) is 3.19. The van der Waals surface area contributed by atoms with Crippen LogP contribution < -0.4 is 5.32 Å². The molecule has 20 heavy (non-hydrogen) atoms. The molecule has 5 heteroatoms. The second-order valence-electron chi connectivity index (χ2n) is 5.37. The molecule has 0 heterocycles. The Kier molecular flexibility index (Phi) is 10.7. The molecule has 0 aromatic rings. The molecule has 120 valence electrons. The third kappa shape index (κ3) is 7.82. The third-order valence-corrected chi connectivity index (χ3v) is 3.19. The van der Waals surface area contributed by atoms with Crippen molar-refractivity contribution in [1.82, 2.24) is 5.32 Å². The minimum Gasteiger partial charge on any atom is -0.480 e. The number of carbonyl (C=O) groups is 1. The molecule has 0 fully saturated rings. The zero-order chi connectivity index (χ0) is 15.4. The van der Waals surface area contributed by atoms with Gasteiger partial charge in [0.2, 0.25) is 0 Å². The van der Waals surface area contributed by atoms with Crippen LogP contribution in [0.25, 0.3) is 0 Å². The first-order chi connectivity index (χ1) is 9.48. The summed E-state index contributed by atoms with van der Waals surface area (Å²) in [5.74, 6) is -0.778. The summed E-state index contributed by atoms with van der Waals surface area (Å²) in [5, 5.41) is 12.6. The Balaban J connectivity index is 3.94. The Morgan fingerprint density at radius 1 is 1.15 bits per heavy atom. The maximum absolute atomic E-state index is 11.5. The smallest absolute Gasteiger partial charge is 0.323 e. The Morgan fingerprint density at radius 2 is 1.75 bits per heavy atom. The van der Waals surface area contributed by atoms with E-state index >= 15 is 0 Å². The molecular formula is C15H31NO4. The predicted octanol–water partition coefficient (Wildman–Crippen LogP) is 2.44. The second-order valence-corrected chi connectivity index (χ2v) is 5.37. The normalized spacial score (nSPS) is 14.4. The average Bonchev–Trinajstić information content (AvgIpc) is 2.39. The van der Waals surface area contributed by atoms with Gasteiger partial charge in [0.1, 0.15) is 5.54 Å². The summed E-state index contributed by atoms with van der Waals surface area (Å²) >= 11 is 0. The van der Waals surface area contributed by atoms with E-state index in [1.54, 1.807) is 0 Å². The summed E-state index contributed by atoms with van der Waals surface area (Å²) in [4.78, 5) is 11.5. The Hall–Kier alpha value is -0.650. The highest BCUT2D eigenvalue weighted by atomic mass is 16.5. The summed E-state index contributed by atoms with van der Waals surface area (Å²) in [6.07, 6.45) is 2.89. The van der Waals surface area contributed by atoms with Gasteiger partial charge in [0.05, 0.1) is 13.2 Å². The molecule has 1 unspecified atom stereocenters. The van der Waals surface area contributed by atoms with Gasteiger partial charge in [-0.2, -0.15) is 0 Å². The highest BCUT2D eigenvalue weighted by Gasteiger charge is 2.36. The lowest BCUT2D eigenvalue weighted by Crippen LogP contribution is -2.54. The van der Waals surface area contributed by atoms with Crippen LogP contribution >= 0.6 is 0 Å². The lowest BCUT2D eigenvalue weighted by Gasteiger charge is -2.31. The minimum atomic E-state index is -0.837. The van der Waals surface area contributed by atoms with Crippen molar-refractivity contribution >= 4 is 5.97 Å². The van der Waals surface area contributed by atoms with Crippen LogP contribution in [0.2, 0.25) is 0 Å². The fourth-order valence-corrected chi connectivity index (χ4v) is 2.17. The van der Waals surface area contributed by atoms with Gasteiger partial charge in [-0.15, -0.1) is 0 Å². The summed E-state index contributed by atoms with van der Waals surface area (Å²) in [6, 6.07) is 0.148. The van der Waals surface area contributed by atoms with Crippen LogP contribution in [-0.2, 0) is 14.3 Å². The van der Waals surface area contributed by atoms with Crippen molar-refractivity contribution in [3.63, 3.8) is 0 Å². The van der Waals surface area contributed by atoms with Crippen molar-refractivity contribution in [2.24, 2.45) is 0 Å². The van der Waals surface area contributed by atoms with E-state index in [4.69, 9.17) is 9.47 Å². The van der Waals surface area contributed by atoms with Gasteiger partial charge in [0, 0.05) is 19.3 Å². The summed E-state index contributed by atoms with van der Waals surface area (Å²) in [6.45, 7) is 10.4. The number of aliphatic carboxylic acids is 1. The Bertz CT molecular complexity index is 258. The molecule has 0 aromatic heterocycles. The SMILES string of the molecule is CCCOCCOCCCC(CC)(NC(C)C)C(=O)O. The fourth-order valence-electron chi connectivity index (χ4n) is 2.17. The lowest BCUT2D eigenvalue weighted by atomic mass is 9.89. The van der Waals surface area contributed by atoms with Crippen LogP contribution in [0.4, 0.5) is 0 Å². The highest BCUT2D eigenvalue weighted by molar-refractivity contribution is 5.78. The van der Waals surface area contributed by atoms with Crippen LogP contribution in [0, 0.1) is 0 Å². The second kappa shape index (κ2) is 11.1. The molecule has 0 saturated heterocycles. The summed E-state index contributed by atoms with van der Waals surface area (Å²) in [5.41, 5.74) is -0.837. The molecule has 0 rings (SSSR count). The molecule has 0 aliphatic rings. The van der Waals surface area contributed by atoms with Crippen LogP contribution in [0.1, 0.15) is 53.4 Å². The van der Waals surface area contributed by atoms with Crippen molar-refractivity contribution < 1.29 is 19.4 Å². The van der Waals surface area contributed by atoms with Gasteiger partial charge in [0.25, 0.3) is 0 Å².